The number of hydrogen-bond acceptors (Lipinski definition) is 9. The first kappa shape index (κ1) is 24.4. The van der Waals surface area contributed by atoms with Gasteiger partial charge in [0.2, 0.25) is 6.79 Å². The minimum Gasteiger partial charge on any atom is -0.493 e. The molecule has 1 aromatic heterocycles. The zero-order valence-electron chi connectivity index (χ0n) is 18.3. The Balaban J connectivity index is 1.88. The van der Waals surface area contributed by atoms with Crippen LogP contribution in [0.1, 0.15) is 50.5 Å². The molecule has 0 aliphatic heterocycles. The number of nitrogens with one attached hydrogen (secondary N) is 1. The zero-order chi connectivity index (χ0) is 22.8. The van der Waals surface area contributed by atoms with E-state index < -0.39 is 30.7 Å². The molecule has 1 fully saturated rings. The zero-order valence-corrected chi connectivity index (χ0v) is 18.3. The highest BCUT2D eigenvalue weighted by molar-refractivity contribution is 5.98. The summed E-state index contributed by atoms with van der Waals surface area (Å²) >= 11 is 0. The van der Waals surface area contributed by atoms with E-state index in [4.69, 9.17) is 23.7 Å². The van der Waals surface area contributed by atoms with Crippen molar-refractivity contribution >= 4 is 17.8 Å². The Morgan fingerprint density at radius 3 is 2.65 bits per heavy atom. The van der Waals surface area contributed by atoms with E-state index >= 15 is 0 Å². The van der Waals surface area contributed by atoms with Crippen molar-refractivity contribution in [3.8, 4) is 11.5 Å². The van der Waals surface area contributed by atoms with Crippen LogP contribution in [-0.2, 0) is 23.8 Å². The van der Waals surface area contributed by atoms with Crippen molar-refractivity contribution in [1.29, 1.82) is 0 Å². The fraction of sp³-hybridized carbons (Fsp3) is 0.619. The fourth-order valence-corrected chi connectivity index (χ4v) is 2.53. The summed E-state index contributed by atoms with van der Waals surface area (Å²) in [6, 6.07) is 0.571. The van der Waals surface area contributed by atoms with Crippen LogP contribution in [0.5, 0.6) is 11.5 Å². The summed E-state index contributed by atoms with van der Waals surface area (Å²) in [5.41, 5.74) is -0.118. The topological polar surface area (TPSA) is 122 Å². The molecule has 1 N–H and O–H groups in total. The summed E-state index contributed by atoms with van der Waals surface area (Å²) in [6.45, 7) is 5.36. The van der Waals surface area contributed by atoms with Gasteiger partial charge in [-0.05, 0) is 32.6 Å². The first-order chi connectivity index (χ1) is 14.8. The number of rotatable bonds is 13. The van der Waals surface area contributed by atoms with Crippen molar-refractivity contribution in [2.24, 2.45) is 5.92 Å². The molecule has 0 bridgehead atoms. The van der Waals surface area contributed by atoms with E-state index in [1.54, 1.807) is 6.92 Å². The number of ether oxygens (including phenoxy) is 5. The Morgan fingerprint density at radius 1 is 1.26 bits per heavy atom. The molecule has 10 heteroatoms. The van der Waals surface area contributed by atoms with Crippen molar-refractivity contribution in [3.63, 3.8) is 0 Å². The summed E-state index contributed by atoms with van der Waals surface area (Å²) < 4.78 is 26.2. The van der Waals surface area contributed by atoms with E-state index in [1.165, 1.54) is 46.1 Å². The molecule has 1 aliphatic carbocycles. The highest BCUT2D eigenvalue weighted by atomic mass is 16.7. The van der Waals surface area contributed by atoms with E-state index in [2.05, 4.69) is 10.3 Å². The fourth-order valence-electron chi connectivity index (χ4n) is 2.53. The molecule has 10 nitrogen and oxygen atoms in total. The van der Waals surface area contributed by atoms with Crippen molar-refractivity contribution in [2.75, 3.05) is 27.1 Å². The molecule has 2 atom stereocenters. The average molecular weight is 438 g/mol. The second-order valence-corrected chi connectivity index (χ2v) is 7.34. The van der Waals surface area contributed by atoms with Gasteiger partial charge in [-0.25, -0.2) is 9.78 Å². The Bertz CT molecular complexity index is 766. The SMILES string of the molecule is COc1ccnc(C(=O)N[C@@H](C)C(=O)O[C@@H](C)CCOCC2CC2)c1OCOC(C)=O. The normalized spacial score (nSPS) is 14.8. The number of hydrogen-bond donors (Lipinski definition) is 1. The quantitative estimate of drug-likeness (QED) is 0.279. The van der Waals surface area contributed by atoms with Crippen molar-refractivity contribution in [1.82, 2.24) is 10.3 Å². The van der Waals surface area contributed by atoms with E-state index in [0.29, 0.717) is 18.9 Å². The largest absolute Gasteiger partial charge is 0.493 e. The first-order valence-corrected chi connectivity index (χ1v) is 10.2. The van der Waals surface area contributed by atoms with Crippen LogP contribution in [0.4, 0.5) is 0 Å². The Labute approximate surface area is 181 Å². The van der Waals surface area contributed by atoms with Crippen molar-refractivity contribution in [3.05, 3.63) is 18.0 Å². The number of pyridine rings is 1. The molecule has 0 aromatic carbocycles. The molecule has 0 unspecified atom stereocenters. The number of carbonyl (C=O) groups is 3. The number of amides is 1. The van der Waals surface area contributed by atoms with Crippen LogP contribution in [0, 0.1) is 5.92 Å². The molecule has 172 valence electrons. The maximum absolute atomic E-state index is 12.7. The standard InChI is InChI=1S/C21H30N2O8/c1-13(8-10-28-11-16-5-6-16)31-21(26)14(2)23-20(25)18-19(30-12-29-15(3)24)17(27-4)7-9-22-18/h7,9,13-14,16H,5-6,8,10-12H2,1-4H3,(H,23,25)/t13-,14-/m0/s1. The third-order valence-electron chi connectivity index (χ3n) is 4.51. The highest BCUT2D eigenvalue weighted by Crippen LogP contribution is 2.30. The molecular weight excluding hydrogens is 408 g/mol. The second-order valence-electron chi connectivity index (χ2n) is 7.34. The third kappa shape index (κ3) is 8.41. The molecule has 0 saturated heterocycles. The second kappa shape index (κ2) is 12.1. The van der Waals surface area contributed by atoms with Gasteiger partial charge in [-0.3, -0.25) is 9.59 Å². The highest BCUT2D eigenvalue weighted by Gasteiger charge is 2.25. The van der Waals surface area contributed by atoms with Gasteiger partial charge in [0.25, 0.3) is 5.91 Å². The van der Waals surface area contributed by atoms with Gasteiger partial charge in [0.1, 0.15) is 12.1 Å². The number of aromatic nitrogens is 1. The van der Waals surface area contributed by atoms with E-state index in [9.17, 15) is 14.4 Å². The lowest BCUT2D eigenvalue weighted by Gasteiger charge is -2.18. The molecular formula is C21H30N2O8. The molecule has 1 saturated carbocycles. The van der Waals surface area contributed by atoms with Gasteiger partial charge in [-0.1, -0.05) is 0 Å². The average Bonchev–Trinajstić information content (AvgIpc) is 3.55. The maximum atomic E-state index is 12.7. The van der Waals surface area contributed by atoms with E-state index in [-0.39, 0.29) is 23.3 Å². The lowest BCUT2D eigenvalue weighted by molar-refractivity contribution is -0.151. The molecule has 0 spiro atoms. The summed E-state index contributed by atoms with van der Waals surface area (Å²) in [5.74, 6) is -0.888. The number of nitrogens with zero attached hydrogens (tertiary/aromatic N) is 1. The number of carbonyl (C=O) groups excluding carboxylic acids is 3. The summed E-state index contributed by atoms with van der Waals surface area (Å²) in [6.07, 6.45) is 4.04. The van der Waals surface area contributed by atoms with Crippen molar-refractivity contribution in [2.45, 2.75) is 52.2 Å². The first-order valence-electron chi connectivity index (χ1n) is 10.2. The Kier molecular flexibility index (Phi) is 9.51. The van der Waals surface area contributed by atoms with Crippen LogP contribution in [0.2, 0.25) is 0 Å². The van der Waals surface area contributed by atoms with E-state index in [1.807, 2.05) is 0 Å². The molecule has 31 heavy (non-hydrogen) atoms. The molecule has 1 aromatic rings. The van der Waals surface area contributed by atoms with Gasteiger partial charge in [0.15, 0.2) is 17.2 Å². The smallest absolute Gasteiger partial charge is 0.328 e. The molecule has 1 aliphatic rings. The van der Waals surface area contributed by atoms with Crippen LogP contribution in [-0.4, -0.2) is 62.1 Å². The molecule has 1 amide bonds. The van der Waals surface area contributed by atoms with Gasteiger partial charge in [0.05, 0.1) is 13.7 Å². The molecule has 0 radical (unpaired) electrons. The third-order valence-corrected chi connectivity index (χ3v) is 4.51. The van der Waals surface area contributed by atoms with Gasteiger partial charge in [-0.15, -0.1) is 0 Å². The van der Waals surface area contributed by atoms with E-state index in [0.717, 1.165) is 6.61 Å². The van der Waals surface area contributed by atoms with Crippen LogP contribution >= 0.6 is 0 Å². The predicted molar refractivity (Wildman–Crippen MR) is 109 cm³/mol. The molecule has 1 heterocycles. The van der Waals surface area contributed by atoms with Gasteiger partial charge in [0, 0.05) is 32.2 Å². The summed E-state index contributed by atoms with van der Waals surface area (Å²) in [7, 11) is 1.39. The van der Waals surface area contributed by atoms with Crippen LogP contribution < -0.4 is 14.8 Å². The van der Waals surface area contributed by atoms with Crippen LogP contribution in [0.3, 0.4) is 0 Å². The predicted octanol–water partition coefficient (Wildman–Crippen LogP) is 1.86. The number of esters is 2. The molecule has 2 rings (SSSR count). The summed E-state index contributed by atoms with van der Waals surface area (Å²) in [5, 5.41) is 2.53. The number of methoxy groups -OCH3 is 1. The maximum Gasteiger partial charge on any atom is 0.328 e. The Morgan fingerprint density at radius 2 is 2.00 bits per heavy atom. The minimum atomic E-state index is -0.920. The monoisotopic (exact) mass is 438 g/mol. The van der Waals surface area contributed by atoms with Gasteiger partial charge < -0.3 is 29.0 Å². The van der Waals surface area contributed by atoms with Crippen LogP contribution in [0.25, 0.3) is 0 Å². The van der Waals surface area contributed by atoms with Crippen LogP contribution in [0.15, 0.2) is 12.3 Å². The van der Waals surface area contributed by atoms with Gasteiger partial charge in [-0.2, -0.15) is 0 Å². The minimum absolute atomic E-state index is 0.00880. The lowest BCUT2D eigenvalue weighted by atomic mass is 10.2. The Hall–Kier alpha value is -2.88. The lowest BCUT2D eigenvalue weighted by Crippen LogP contribution is -2.41. The summed E-state index contributed by atoms with van der Waals surface area (Å²) in [4.78, 5) is 39.9. The van der Waals surface area contributed by atoms with Crippen molar-refractivity contribution < 1.29 is 38.1 Å². The van der Waals surface area contributed by atoms with Gasteiger partial charge >= 0.3 is 11.9 Å².